The molecule has 7 nitrogen and oxygen atoms in total. The van der Waals surface area contributed by atoms with Gasteiger partial charge in [0.15, 0.2) is 5.96 Å². The third kappa shape index (κ3) is 11.5. The normalized spacial score (nSPS) is 11.0. The maximum absolute atomic E-state index is 5.52. The summed E-state index contributed by atoms with van der Waals surface area (Å²) in [4.78, 5) is 8.44. The van der Waals surface area contributed by atoms with E-state index in [2.05, 4.69) is 27.5 Å². The van der Waals surface area contributed by atoms with Crippen LogP contribution in [0.15, 0.2) is 23.3 Å². The second kappa shape index (κ2) is 17.3. The van der Waals surface area contributed by atoms with Gasteiger partial charge < -0.3 is 24.8 Å². The van der Waals surface area contributed by atoms with Crippen LogP contribution in [0, 0.1) is 0 Å². The number of aliphatic imine (C=N–C) groups is 1. The lowest BCUT2D eigenvalue weighted by Gasteiger charge is -2.13. The fourth-order valence-electron chi connectivity index (χ4n) is 2.03. The van der Waals surface area contributed by atoms with Crippen LogP contribution in [-0.4, -0.2) is 57.6 Å². The Labute approximate surface area is 174 Å². The van der Waals surface area contributed by atoms with Crippen molar-refractivity contribution < 1.29 is 14.2 Å². The minimum atomic E-state index is 0. The number of unbranched alkanes of at least 4 members (excludes halogenated alkanes) is 1. The monoisotopic (exact) mass is 480 g/mol. The van der Waals surface area contributed by atoms with E-state index in [0.717, 1.165) is 25.0 Å². The van der Waals surface area contributed by atoms with Crippen LogP contribution in [0.4, 0.5) is 0 Å². The number of hydrogen-bond acceptors (Lipinski definition) is 5. The standard InChI is InChI=1S/C18H32N4O3.HI/c1-4-6-11-23-13-14-24-12-10-21-18(19-3)22-15-16-8-7-9-20-17(16)25-5-2;/h7-9H,4-6,10-15H2,1-3H3,(H2,19,21,22);1H. The van der Waals surface area contributed by atoms with E-state index in [1.807, 2.05) is 19.1 Å². The van der Waals surface area contributed by atoms with Crippen molar-refractivity contribution in [2.24, 2.45) is 4.99 Å². The number of hydrogen-bond donors (Lipinski definition) is 2. The number of nitrogens with one attached hydrogen (secondary N) is 2. The Hall–Kier alpha value is -1.13. The van der Waals surface area contributed by atoms with E-state index in [1.54, 1.807) is 13.2 Å². The molecule has 0 bridgehead atoms. The van der Waals surface area contributed by atoms with Gasteiger partial charge in [-0.3, -0.25) is 4.99 Å². The van der Waals surface area contributed by atoms with Crippen LogP contribution in [-0.2, 0) is 16.0 Å². The molecule has 0 aliphatic heterocycles. The zero-order valence-electron chi connectivity index (χ0n) is 16.1. The second-order valence-corrected chi connectivity index (χ2v) is 5.33. The Balaban J connectivity index is 0.00000625. The highest BCUT2D eigenvalue weighted by Gasteiger charge is 2.05. The Kier molecular flexibility index (Phi) is 16.5. The average molecular weight is 480 g/mol. The smallest absolute Gasteiger partial charge is 0.218 e. The van der Waals surface area contributed by atoms with Gasteiger partial charge in [0.05, 0.1) is 26.4 Å². The SMILES string of the molecule is CCCCOCCOCCNC(=NC)NCc1cccnc1OCC.I. The molecule has 0 spiro atoms. The molecule has 0 saturated carbocycles. The molecule has 2 N–H and O–H groups in total. The molecule has 0 radical (unpaired) electrons. The number of guanidine groups is 1. The summed E-state index contributed by atoms with van der Waals surface area (Å²) in [5.41, 5.74) is 0.993. The highest BCUT2D eigenvalue weighted by molar-refractivity contribution is 14.0. The van der Waals surface area contributed by atoms with Crippen molar-refractivity contribution >= 4 is 29.9 Å². The van der Waals surface area contributed by atoms with E-state index < -0.39 is 0 Å². The summed E-state index contributed by atoms with van der Waals surface area (Å²) in [7, 11) is 1.74. The Morgan fingerprint density at radius 1 is 1.12 bits per heavy atom. The molecular weight excluding hydrogens is 447 g/mol. The lowest BCUT2D eigenvalue weighted by Crippen LogP contribution is -2.38. The predicted molar refractivity (Wildman–Crippen MR) is 116 cm³/mol. The van der Waals surface area contributed by atoms with E-state index in [0.29, 0.717) is 51.4 Å². The maximum Gasteiger partial charge on any atom is 0.218 e. The molecule has 0 amide bonds. The van der Waals surface area contributed by atoms with Crippen LogP contribution in [0.3, 0.4) is 0 Å². The van der Waals surface area contributed by atoms with E-state index in [-0.39, 0.29) is 24.0 Å². The summed E-state index contributed by atoms with van der Waals surface area (Å²) in [5.74, 6) is 1.37. The van der Waals surface area contributed by atoms with Gasteiger partial charge >= 0.3 is 0 Å². The molecule has 0 unspecified atom stereocenters. The first kappa shape index (κ1) is 24.9. The number of pyridine rings is 1. The number of nitrogens with zero attached hydrogens (tertiary/aromatic N) is 2. The van der Waals surface area contributed by atoms with E-state index in [1.165, 1.54) is 0 Å². The third-order valence-corrected chi connectivity index (χ3v) is 3.35. The van der Waals surface area contributed by atoms with Crippen LogP contribution < -0.4 is 15.4 Å². The Morgan fingerprint density at radius 2 is 1.88 bits per heavy atom. The first-order valence-electron chi connectivity index (χ1n) is 8.98. The summed E-state index contributed by atoms with van der Waals surface area (Å²) in [6.07, 6.45) is 3.98. The highest BCUT2D eigenvalue weighted by atomic mass is 127. The van der Waals surface area contributed by atoms with E-state index in [4.69, 9.17) is 14.2 Å². The molecular formula is C18H33IN4O3. The topological polar surface area (TPSA) is 77.0 Å². The van der Waals surface area contributed by atoms with Gasteiger partial charge in [0, 0.05) is 38.5 Å². The highest BCUT2D eigenvalue weighted by Crippen LogP contribution is 2.13. The number of halogens is 1. The van der Waals surface area contributed by atoms with Crippen molar-refractivity contribution in [2.75, 3.05) is 46.6 Å². The fourth-order valence-corrected chi connectivity index (χ4v) is 2.03. The van der Waals surface area contributed by atoms with Crippen molar-refractivity contribution in [1.82, 2.24) is 15.6 Å². The zero-order chi connectivity index (χ0) is 18.2. The summed E-state index contributed by atoms with van der Waals surface area (Å²) in [5, 5.41) is 6.46. The van der Waals surface area contributed by atoms with Crippen molar-refractivity contribution in [2.45, 2.75) is 33.2 Å². The molecule has 0 aliphatic rings. The maximum atomic E-state index is 5.52. The summed E-state index contributed by atoms with van der Waals surface area (Å²) >= 11 is 0. The molecule has 1 heterocycles. The number of ether oxygens (including phenoxy) is 3. The van der Waals surface area contributed by atoms with E-state index >= 15 is 0 Å². The van der Waals surface area contributed by atoms with Crippen molar-refractivity contribution in [1.29, 1.82) is 0 Å². The van der Waals surface area contributed by atoms with Gasteiger partial charge in [-0.05, 0) is 19.4 Å². The first-order chi connectivity index (χ1) is 12.3. The van der Waals surface area contributed by atoms with Crippen LogP contribution in [0.5, 0.6) is 5.88 Å². The predicted octanol–water partition coefficient (Wildman–Crippen LogP) is 2.60. The zero-order valence-corrected chi connectivity index (χ0v) is 18.5. The van der Waals surface area contributed by atoms with Gasteiger partial charge in [0.25, 0.3) is 0 Å². The molecule has 0 aliphatic carbocycles. The molecule has 1 aromatic heterocycles. The molecule has 8 heteroatoms. The molecule has 0 aromatic carbocycles. The molecule has 150 valence electrons. The third-order valence-electron chi connectivity index (χ3n) is 3.35. The molecule has 0 atom stereocenters. The van der Waals surface area contributed by atoms with Gasteiger partial charge in [-0.2, -0.15) is 0 Å². The Bertz CT molecular complexity index is 489. The Morgan fingerprint density at radius 3 is 2.58 bits per heavy atom. The van der Waals surface area contributed by atoms with E-state index in [9.17, 15) is 0 Å². The minimum absolute atomic E-state index is 0. The van der Waals surface area contributed by atoms with Gasteiger partial charge in [0.2, 0.25) is 5.88 Å². The van der Waals surface area contributed by atoms with Crippen LogP contribution in [0.2, 0.25) is 0 Å². The average Bonchev–Trinajstić information content (AvgIpc) is 2.64. The van der Waals surface area contributed by atoms with Crippen LogP contribution in [0.1, 0.15) is 32.3 Å². The van der Waals surface area contributed by atoms with Gasteiger partial charge in [0.1, 0.15) is 0 Å². The first-order valence-corrected chi connectivity index (χ1v) is 8.98. The largest absolute Gasteiger partial charge is 0.478 e. The van der Waals surface area contributed by atoms with Crippen LogP contribution in [0.25, 0.3) is 0 Å². The number of aromatic nitrogens is 1. The summed E-state index contributed by atoms with van der Waals surface area (Å²) in [6, 6.07) is 3.88. The minimum Gasteiger partial charge on any atom is -0.478 e. The van der Waals surface area contributed by atoms with Gasteiger partial charge in [-0.25, -0.2) is 4.98 Å². The molecule has 1 rings (SSSR count). The summed E-state index contributed by atoms with van der Waals surface area (Å²) in [6.45, 7) is 8.64. The lowest BCUT2D eigenvalue weighted by molar-refractivity contribution is 0.0487. The lowest BCUT2D eigenvalue weighted by atomic mass is 10.2. The summed E-state index contributed by atoms with van der Waals surface area (Å²) < 4.78 is 16.5. The molecule has 0 fully saturated rings. The van der Waals surface area contributed by atoms with Crippen LogP contribution >= 0.6 is 24.0 Å². The van der Waals surface area contributed by atoms with Crippen molar-refractivity contribution in [3.05, 3.63) is 23.9 Å². The van der Waals surface area contributed by atoms with Crippen molar-refractivity contribution in [3.8, 4) is 5.88 Å². The fraction of sp³-hybridized carbons (Fsp3) is 0.667. The molecule has 0 saturated heterocycles. The van der Waals surface area contributed by atoms with Crippen molar-refractivity contribution in [3.63, 3.8) is 0 Å². The molecule has 26 heavy (non-hydrogen) atoms. The molecule has 1 aromatic rings. The number of rotatable bonds is 13. The van der Waals surface area contributed by atoms with Gasteiger partial charge in [-0.1, -0.05) is 19.4 Å². The van der Waals surface area contributed by atoms with Gasteiger partial charge in [-0.15, -0.1) is 24.0 Å². The second-order valence-electron chi connectivity index (χ2n) is 5.33. The quantitative estimate of drug-likeness (QED) is 0.196.